The number of esters is 1. The molecule has 9 nitrogen and oxygen atoms in total. The Bertz CT molecular complexity index is 1230. The molecule has 1 spiro atoms. The van der Waals surface area contributed by atoms with Crippen LogP contribution in [0.15, 0.2) is 18.2 Å². The van der Waals surface area contributed by atoms with Gasteiger partial charge in [-0.2, -0.15) is 0 Å². The summed E-state index contributed by atoms with van der Waals surface area (Å²) in [6, 6.07) is 4.56. The molecular weight excluding hydrogens is 452 g/mol. The Kier molecular flexibility index (Phi) is 5.41. The molecule has 2 fully saturated rings. The lowest BCUT2D eigenvalue weighted by Crippen LogP contribution is -2.47. The summed E-state index contributed by atoms with van der Waals surface area (Å²) < 4.78 is 22.5. The fourth-order valence-electron chi connectivity index (χ4n) is 5.03. The summed E-state index contributed by atoms with van der Waals surface area (Å²) >= 11 is 0. The van der Waals surface area contributed by atoms with Gasteiger partial charge >= 0.3 is 12.1 Å². The van der Waals surface area contributed by atoms with Gasteiger partial charge in [0.15, 0.2) is 11.5 Å². The van der Waals surface area contributed by atoms with E-state index in [9.17, 15) is 14.4 Å². The first-order valence-corrected chi connectivity index (χ1v) is 11.9. The Morgan fingerprint density at radius 2 is 1.94 bits per heavy atom. The monoisotopic (exact) mass is 482 g/mol. The third-order valence-corrected chi connectivity index (χ3v) is 6.72. The number of nitrogens with zero attached hydrogens (tertiary/aromatic N) is 2. The minimum Gasteiger partial charge on any atom is -0.497 e. The van der Waals surface area contributed by atoms with Crippen LogP contribution in [-0.4, -0.2) is 65.7 Å². The first-order chi connectivity index (χ1) is 16.5. The maximum absolute atomic E-state index is 13.7. The minimum atomic E-state index is -1.07. The normalized spacial score (nSPS) is 23.7. The largest absolute Gasteiger partial charge is 0.497 e. The van der Waals surface area contributed by atoms with Gasteiger partial charge in [-0.1, -0.05) is 0 Å². The number of Topliss-reactive ketones (excluding diaryl/α,β-unsaturated/α-hetero) is 1. The second-order valence-corrected chi connectivity index (χ2v) is 10.6. The van der Waals surface area contributed by atoms with Crippen LogP contribution in [0.2, 0.25) is 0 Å². The molecule has 9 heteroatoms. The highest BCUT2D eigenvalue weighted by Crippen LogP contribution is 2.51. The molecule has 1 aromatic heterocycles. The van der Waals surface area contributed by atoms with Gasteiger partial charge in [-0.05, 0) is 51.8 Å². The van der Waals surface area contributed by atoms with Gasteiger partial charge in [-0.25, -0.2) is 14.6 Å². The van der Waals surface area contributed by atoms with Crippen molar-refractivity contribution in [3.63, 3.8) is 0 Å². The van der Waals surface area contributed by atoms with Crippen LogP contribution in [0.3, 0.4) is 0 Å². The number of methoxy groups -OCH3 is 2. The van der Waals surface area contributed by atoms with Gasteiger partial charge in [0.25, 0.3) is 0 Å². The molecule has 3 aliphatic rings. The van der Waals surface area contributed by atoms with Crippen LogP contribution in [0.4, 0.5) is 4.79 Å². The zero-order chi connectivity index (χ0) is 25.1. The van der Waals surface area contributed by atoms with Gasteiger partial charge in [0.05, 0.1) is 44.0 Å². The van der Waals surface area contributed by atoms with Crippen LogP contribution < -0.4 is 9.47 Å². The number of likely N-dealkylation sites (tertiary alicyclic amines) is 1. The molecule has 2 atom stereocenters. The molecular formula is C26H30N2O7. The number of hydrogen-bond acceptors (Lipinski definition) is 8. The van der Waals surface area contributed by atoms with Crippen LogP contribution in [0, 0.1) is 0 Å². The number of ketones is 1. The average Bonchev–Trinajstić information content (AvgIpc) is 3.58. The fourth-order valence-corrected chi connectivity index (χ4v) is 5.03. The number of ether oxygens (including phenoxy) is 4. The van der Waals surface area contributed by atoms with Crippen molar-refractivity contribution in [2.75, 3.05) is 20.8 Å². The lowest BCUT2D eigenvalue weighted by Gasteiger charge is -2.36. The first-order valence-electron chi connectivity index (χ1n) is 11.9. The molecule has 3 heterocycles. The van der Waals surface area contributed by atoms with Gasteiger partial charge in [0, 0.05) is 17.7 Å². The molecule has 5 rings (SSSR count). The molecule has 1 aromatic carbocycles. The van der Waals surface area contributed by atoms with Crippen molar-refractivity contribution in [3.8, 4) is 11.5 Å². The number of rotatable bonds is 3. The fraction of sp³-hybridized carbons (Fsp3) is 0.538. The molecule has 1 amide bonds. The van der Waals surface area contributed by atoms with Gasteiger partial charge in [0.1, 0.15) is 23.0 Å². The average molecular weight is 483 g/mol. The summed E-state index contributed by atoms with van der Waals surface area (Å²) in [7, 11) is 2.85. The van der Waals surface area contributed by atoms with E-state index >= 15 is 0 Å². The summed E-state index contributed by atoms with van der Waals surface area (Å²) in [6.07, 6.45) is 1.45. The summed E-state index contributed by atoms with van der Waals surface area (Å²) in [5.41, 5.74) is 0.151. The molecule has 2 aliphatic heterocycles. The molecule has 2 aromatic rings. The molecule has 1 aliphatic carbocycles. The molecule has 1 unspecified atom stereocenters. The van der Waals surface area contributed by atoms with E-state index in [0.717, 1.165) is 18.5 Å². The topological polar surface area (TPSA) is 104 Å². The van der Waals surface area contributed by atoms with E-state index in [1.807, 2.05) is 12.1 Å². The third-order valence-electron chi connectivity index (χ3n) is 6.72. The van der Waals surface area contributed by atoms with E-state index in [2.05, 4.69) is 0 Å². The van der Waals surface area contributed by atoms with Crippen LogP contribution in [0.25, 0.3) is 10.9 Å². The van der Waals surface area contributed by atoms with Crippen LogP contribution in [0.1, 0.15) is 68.4 Å². The predicted molar refractivity (Wildman–Crippen MR) is 126 cm³/mol. The Morgan fingerprint density at radius 1 is 1.20 bits per heavy atom. The second kappa shape index (κ2) is 8.10. The SMILES string of the molecule is COC(=O)[C@@H]1CC2(CC(=O)c3c(c(C4CC4)nc4ccc(OC)cc34)O2)CN1C(=O)OC(C)(C)C. The van der Waals surface area contributed by atoms with Gasteiger partial charge < -0.3 is 18.9 Å². The highest BCUT2D eigenvalue weighted by atomic mass is 16.6. The lowest BCUT2D eigenvalue weighted by molar-refractivity contribution is -0.145. The van der Waals surface area contributed by atoms with Crippen molar-refractivity contribution >= 4 is 28.7 Å². The smallest absolute Gasteiger partial charge is 0.411 e. The van der Waals surface area contributed by atoms with Crippen LogP contribution in [-0.2, 0) is 14.3 Å². The molecule has 1 saturated heterocycles. The number of hydrogen-bond donors (Lipinski definition) is 0. The maximum atomic E-state index is 13.7. The molecule has 0 radical (unpaired) electrons. The highest BCUT2D eigenvalue weighted by Gasteiger charge is 2.56. The van der Waals surface area contributed by atoms with Gasteiger partial charge in [-0.3, -0.25) is 9.69 Å². The zero-order valence-corrected chi connectivity index (χ0v) is 20.7. The van der Waals surface area contributed by atoms with E-state index in [1.165, 1.54) is 12.0 Å². The number of carbonyl (C=O) groups excluding carboxylic acids is 3. The third kappa shape index (κ3) is 4.17. The predicted octanol–water partition coefficient (Wildman–Crippen LogP) is 4.01. The van der Waals surface area contributed by atoms with Crippen molar-refractivity contribution in [2.45, 2.75) is 69.6 Å². The molecule has 186 valence electrons. The number of carbonyl (C=O) groups is 3. The summed E-state index contributed by atoms with van der Waals surface area (Å²) in [5, 5.41) is 0.676. The van der Waals surface area contributed by atoms with Crippen LogP contribution in [0.5, 0.6) is 11.5 Å². The molecule has 0 N–H and O–H groups in total. The van der Waals surface area contributed by atoms with Crippen molar-refractivity contribution < 1.29 is 33.3 Å². The number of aromatic nitrogens is 1. The minimum absolute atomic E-state index is 0.0211. The summed E-state index contributed by atoms with van der Waals surface area (Å²) in [4.78, 5) is 45.5. The number of pyridine rings is 1. The maximum Gasteiger partial charge on any atom is 0.411 e. The van der Waals surface area contributed by atoms with E-state index in [0.29, 0.717) is 28.0 Å². The Morgan fingerprint density at radius 3 is 2.57 bits per heavy atom. The number of amides is 1. The standard InChI is InChI=1S/C26H30N2O7/c1-25(2,3)35-24(31)28-13-26(11-18(28)23(30)33-5)12-19(29)20-16-10-15(32-4)8-9-17(16)27-21(14-6-7-14)22(20)34-26/h8-10,14,18H,6-7,11-13H2,1-5H3/t18-,26?/m0/s1. The summed E-state index contributed by atoms with van der Waals surface area (Å²) in [5.74, 6) is 0.621. The molecule has 0 bridgehead atoms. The zero-order valence-electron chi connectivity index (χ0n) is 20.7. The Balaban J connectivity index is 1.58. The molecule has 1 saturated carbocycles. The number of benzene rings is 1. The van der Waals surface area contributed by atoms with E-state index < -0.39 is 29.3 Å². The first kappa shape index (κ1) is 23.4. The lowest BCUT2D eigenvalue weighted by atomic mass is 9.86. The van der Waals surface area contributed by atoms with Crippen molar-refractivity contribution in [1.29, 1.82) is 0 Å². The Hall–Kier alpha value is -3.36. The quantitative estimate of drug-likeness (QED) is 0.605. The summed E-state index contributed by atoms with van der Waals surface area (Å²) in [6.45, 7) is 5.31. The molecule has 35 heavy (non-hydrogen) atoms. The van der Waals surface area contributed by atoms with E-state index in [4.69, 9.17) is 23.9 Å². The van der Waals surface area contributed by atoms with E-state index in [1.54, 1.807) is 33.9 Å². The second-order valence-electron chi connectivity index (χ2n) is 10.6. The van der Waals surface area contributed by atoms with E-state index in [-0.39, 0.29) is 31.1 Å². The van der Waals surface area contributed by atoms with Gasteiger partial charge in [0.2, 0.25) is 0 Å². The van der Waals surface area contributed by atoms with Crippen molar-refractivity contribution in [3.05, 3.63) is 29.5 Å². The van der Waals surface area contributed by atoms with Crippen molar-refractivity contribution in [1.82, 2.24) is 9.88 Å². The van der Waals surface area contributed by atoms with Crippen LogP contribution >= 0.6 is 0 Å². The Labute approximate surface area is 203 Å². The number of fused-ring (bicyclic) bond motifs is 3. The van der Waals surface area contributed by atoms with Gasteiger partial charge in [-0.15, -0.1) is 0 Å². The highest BCUT2D eigenvalue weighted by molar-refractivity contribution is 6.11. The van der Waals surface area contributed by atoms with Crippen molar-refractivity contribution in [2.24, 2.45) is 0 Å².